The number of thiophene rings is 1. The van der Waals surface area contributed by atoms with Crippen LogP contribution in [0.3, 0.4) is 0 Å². The highest BCUT2D eigenvalue weighted by molar-refractivity contribution is 9.10. The zero-order valence-electron chi connectivity index (χ0n) is 8.34. The van der Waals surface area contributed by atoms with Gasteiger partial charge in [0.15, 0.2) is 11.6 Å². The van der Waals surface area contributed by atoms with E-state index in [1.54, 1.807) is 16.8 Å². The lowest BCUT2D eigenvalue weighted by Gasteiger charge is -2.07. The fraction of sp³-hybridized carbons (Fsp3) is 0. The number of hydrogen-bond acceptors (Lipinski definition) is 2. The van der Waals surface area contributed by atoms with E-state index in [0.29, 0.717) is 5.56 Å². The third-order valence-corrected chi connectivity index (χ3v) is 3.17. The van der Waals surface area contributed by atoms with Crippen LogP contribution >= 0.6 is 27.3 Å². The molecule has 1 aromatic heterocycles. The molecule has 0 aliphatic heterocycles. The standard InChI is InChI=1S/C11H6BrF2NOS/c12-7-3-8(13)10(9(14)4-7)15-11(16)6-1-2-17-5-6/h1-5H,(H,15,16). The van der Waals surface area contributed by atoms with Crippen LogP contribution in [0.4, 0.5) is 14.5 Å². The SMILES string of the molecule is O=C(Nc1c(F)cc(Br)cc1F)c1ccsc1. The summed E-state index contributed by atoms with van der Waals surface area (Å²) in [4.78, 5) is 11.6. The molecule has 17 heavy (non-hydrogen) atoms. The molecule has 0 unspecified atom stereocenters. The molecule has 0 spiro atoms. The van der Waals surface area contributed by atoms with Gasteiger partial charge in [-0.15, -0.1) is 0 Å². The van der Waals surface area contributed by atoms with E-state index in [2.05, 4.69) is 21.2 Å². The molecule has 0 aliphatic rings. The van der Waals surface area contributed by atoms with Gasteiger partial charge in [0.25, 0.3) is 5.91 Å². The first-order valence-corrected chi connectivity index (χ1v) is 6.29. The highest BCUT2D eigenvalue weighted by Crippen LogP contribution is 2.24. The van der Waals surface area contributed by atoms with Gasteiger partial charge in [-0.1, -0.05) is 15.9 Å². The van der Waals surface area contributed by atoms with E-state index < -0.39 is 23.2 Å². The van der Waals surface area contributed by atoms with Crippen LogP contribution in [0.15, 0.2) is 33.4 Å². The molecule has 1 N–H and O–H groups in total. The van der Waals surface area contributed by atoms with E-state index in [1.165, 1.54) is 11.3 Å². The van der Waals surface area contributed by atoms with Crippen molar-refractivity contribution in [2.45, 2.75) is 0 Å². The van der Waals surface area contributed by atoms with Gasteiger partial charge in [-0.25, -0.2) is 8.78 Å². The fourth-order valence-electron chi connectivity index (χ4n) is 1.24. The summed E-state index contributed by atoms with van der Waals surface area (Å²) in [7, 11) is 0. The number of anilines is 1. The number of amides is 1. The average Bonchev–Trinajstić information content (AvgIpc) is 2.76. The normalized spacial score (nSPS) is 10.3. The predicted molar refractivity (Wildman–Crippen MR) is 66.3 cm³/mol. The van der Waals surface area contributed by atoms with Crippen molar-refractivity contribution in [3.05, 3.63) is 50.6 Å². The van der Waals surface area contributed by atoms with Crippen molar-refractivity contribution < 1.29 is 13.6 Å². The second-order valence-corrected chi connectivity index (χ2v) is 4.91. The Balaban J connectivity index is 2.28. The first-order chi connectivity index (χ1) is 8.08. The molecular formula is C11H6BrF2NOS. The van der Waals surface area contributed by atoms with E-state index >= 15 is 0 Å². The summed E-state index contributed by atoms with van der Waals surface area (Å²) >= 11 is 4.29. The van der Waals surface area contributed by atoms with Crippen molar-refractivity contribution in [3.63, 3.8) is 0 Å². The van der Waals surface area contributed by atoms with Crippen LogP contribution in [0.5, 0.6) is 0 Å². The average molecular weight is 318 g/mol. The van der Waals surface area contributed by atoms with Crippen LogP contribution in [0.1, 0.15) is 10.4 Å². The Morgan fingerprint density at radius 1 is 1.29 bits per heavy atom. The van der Waals surface area contributed by atoms with Gasteiger partial charge in [-0.3, -0.25) is 4.79 Å². The number of nitrogens with one attached hydrogen (secondary N) is 1. The number of carbonyl (C=O) groups excluding carboxylic acids is 1. The highest BCUT2D eigenvalue weighted by atomic mass is 79.9. The molecule has 0 radical (unpaired) electrons. The molecule has 2 rings (SSSR count). The van der Waals surface area contributed by atoms with E-state index in [0.717, 1.165) is 12.1 Å². The first-order valence-electron chi connectivity index (χ1n) is 4.56. The van der Waals surface area contributed by atoms with Crippen molar-refractivity contribution in [1.82, 2.24) is 0 Å². The van der Waals surface area contributed by atoms with E-state index in [4.69, 9.17) is 0 Å². The van der Waals surface area contributed by atoms with Crippen LogP contribution in [0.2, 0.25) is 0 Å². The number of carbonyl (C=O) groups is 1. The number of halogens is 3. The van der Waals surface area contributed by atoms with Crippen LogP contribution in [0.25, 0.3) is 0 Å². The number of rotatable bonds is 2. The summed E-state index contributed by atoms with van der Waals surface area (Å²) in [6.45, 7) is 0. The Bertz CT molecular complexity index is 534. The highest BCUT2D eigenvalue weighted by Gasteiger charge is 2.14. The summed E-state index contributed by atoms with van der Waals surface area (Å²) in [6.07, 6.45) is 0. The van der Waals surface area contributed by atoms with E-state index in [9.17, 15) is 13.6 Å². The zero-order chi connectivity index (χ0) is 12.4. The van der Waals surface area contributed by atoms with Crippen molar-refractivity contribution in [1.29, 1.82) is 0 Å². The largest absolute Gasteiger partial charge is 0.317 e. The summed E-state index contributed by atoms with van der Waals surface area (Å²) in [5, 5.41) is 5.52. The van der Waals surface area contributed by atoms with Crippen molar-refractivity contribution in [2.24, 2.45) is 0 Å². The second kappa shape index (κ2) is 4.93. The van der Waals surface area contributed by atoms with Crippen molar-refractivity contribution in [3.8, 4) is 0 Å². The Hall–Kier alpha value is -1.27. The summed E-state index contributed by atoms with van der Waals surface area (Å²) in [5.41, 5.74) is -0.0684. The minimum atomic E-state index is -0.819. The maximum atomic E-state index is 13.4. The molecular weight excluding hydrogens is 312 g/mol. The van der Waals surface area contributed by atoms with Crippen LogP contribution in [-0.4, -0.2) is 5.91 Å². The summed E-state index contributed by atoms with van der Waals surface area (Å²) in [5.74, 6) is -2.17. The Morgan fingerprint density at radius 3 is 2.47 bits per heavy atom. The molecule has 6 heteroatoms. The first kappa shape index (κ1) is 12.2. The molecule has 0 saturated carbocycles. The Kier molecular flexibility index (Phi) is 3.54. The van der Waals surface area contributed by atoms with Gasteiger partial charge in [-0.2, -0.15) is 11.3 Å². The third-order valence-electron chi connectivity index (χ3n) is 2.03. The van der Waals surface area contributed by atoms with Gasteiger partial charge in [-0.05, 0) is 23.6 Å². The molecule has 1 amide bonds. The topological polar surface area (TPSA) is 29.1 Å². The second-order valence-electron chi connectivity index (χ2n) is 3.21. The number of benzene rings is 1. The maximum absolute atomic E-state index is 13.4. The molecule has 2 aromatic rings. The third kappa shape index (κ3) is 2.70. The van der Waals surface area contributed by atoms with Crippen LogP contribution in [0, 0.1) is 11.6 Å². The Labute approximate surface area is 108 Å². The summed E-state index contributed by atoms with van der Waals surface area (Å²) < 4.78 is 27.1. The smallest absolute Gasteiger partial charge is 0.256 e. The molecule has 2 nitrogen and oxygen atoms in total. The fourth-order valence-corrected chi connectivity index (χ4v) is 2.28. The monoisotopic (exact) mass is 317 g/mol. The van der Waals surface area contributed by atoms with Gasteiger partial charge < -0.3 is 5.32 Å². The van der Waals surface area contributed by atoms with Crippen LogP contribution in [-0.2, 0) is 0 Å². The van der Waals surface area contributed by atoms with Crippen molar-refractivity contribution in [2.75, 3.05) is 5.32 Å². The van der Waals surface area contributed by atoms with Gasteiger partial charge in [0.2, 0.25) is 0 Å². The minimum absolute atomic E-state index is 0.279. The van der Waals surface area contributed by atoms with E-state index in [1.807, 2.05) is 0 Å². The van der Waals surface area contributed by atoms with Gasteiger partial charge in [0.05, 0.1) is 5.56 Å². The molecule has 0 fully saturated rings. The van der Waals surface area contributed by atoms with Crippen molar-refractivity contribution >= 4 is 38.9 Å². The molecule has 1 aromatic carbocycles. The minimum Gasteiger partial charge on any atom is -0.317 e. The lowest BCUT2D eigenvalue weighted by Crippen LogP contribution is -2.13. The molecule has 0 bridgehead atoms. The molecule has 0 saturated heterocycles. The van der Waals surface area contributed by atoms with Crippen LogP contribution < -0.4 is 5.32 Å². The van der Waals surface area contributed by atoms with E-state index in [-0.39, 0.29) is 4.47 Å². The quantitative estimate of drug-likeness (QED) is 0.889. The Morgan fingerprint density at radius 2 is 1.94 bits per heavy atom. The zero-order valence-corrected chi connectivity index (χ0v) is 10.7. The van der Waals surface area contributed by atoms with Gasteiger partial charge >= 0.3 is 0 Å². The molecule has 0 atom stereocenters. The molecule has 1 heterocycles. The van der Waals surface area contributed by atoms with Gasteiger partial charge in [0.1, 0.15) is 5.69 Å². The summed E-state index contributed by atoms with van der Waals surface area (Å²) in [6, 6.07) is 3.76. The lowest BCUT2D eigenvalue weighted by molar-refractivity contribution is 0.102. The molecule has 0 aliphatic carbocycles. The number of hydrogen-bond donors (Lipinski definition) is 1. The van der Waals surface area contributed by atoms with Gasteiger partial charge in [0, 0.05) is 9.85 Å². The maximum Gasteiger partial charge on any atom is 0.256 e. The molecule has 88 valence electrons. The predicted octanol–water partition coefficient (Wildman–Crippen LogP) is 4.04. The lowest BCUT2D eigenvalue weighted by atomic mass is 10.2.